The van der Waals surface area contributed by atoms with Crippen molar-refractivity contribution in [3.05, 3.63) is 102 Å². The van der Waals surface area contributed by atoms with E-state index < -0.39 is 0 Å². The number of rotatable bonds is 8. The third-order valence-corrected chi connectivity index (χ3v) is 8.42. The van der Waals surface area contributed by atoms with E-state index in [9.17, 15) is 9.18 Å². The highest BCUT2D eigenvalue weighted by Crippen LogP contribution is 2.36. The van der Waals surface area contributed by atoms with Gasteiger partial charge in [0, 0.05) is 30.7 Å². The van der Waals surface area contributed by atoms with Crippen molar-refractivity contribution in [1.82, 2.24) is 9.80 Å². The third-order valence-electron chi connectivity index (χ3n) is 8.42. The number of nitrogens with zero attached hydrogens (tertiary/aromatic N) is 2. The van der Waals surface area contributed by atoms with Crippen LogP contribution in [0.3, 0.4) is 0 Å². The molecule has 2 saturated heterocycles. The molecule has 2 heterocycles. The van der Waals surface area contributed by atoms with Gasteiger partial charge in [0.05, 0.1) is 0 Å². The largest absolute Gasteiger partial charge is 0.324 e. The van der Waals surface area contributed by atoms with Gasteiger partial charge in [0.1, 0.15) is 5.82 Å². The minimum atomic E-state index is -0.162. The van der Waals surface area contributed by atoms with Crippen molar-refractivity contribution in [3.63, 3.8) is 0 Å². The van der Waals surface area contributed by atoms with E-state index in [0.29, 0.717) is 0 Å². The number of amides is 2. The lowest BCUT2D eigenvalue weighted by molar-refractivity contribution is 0.0513. The molecule has 3 aromatic rings. The summed E-state index contributed by atoms with van der Waals surface area (Å²) in [6.07, 6.45) is 7.77. The van der Waals surface area contributed by atoms with Crippen LogP contribution in [-0.2, 0) is 12.8 Å². The van der Waals surface area contributed by atoms with Gasteiger partial charge in [0.25, 0.3) is 0 Å². The summed E-state index contributed by atoms with van der Waals surface area (Å²) < 4.78 is 13.2. The Bertz CT molecular complexity index is 1150. The first-order chi connectivity index (χ1) is 18.6. The van der Waals surface area contributed by atoms with Gasteiger partial charge in [-0.05, 0) is 99.3 Å². The Morgan fingerprint density at radius 3 is 2.26 bits per heavy atom. The quantitative estimate of drug-likeness (QED) is 0.351. The van der Waals surface area contributed by atoms with E-state index in [1.54, 1.807) is 12.1 Å². The lowest BCUT2D eigenvalue weighted by Crippen LogP contribution is -2.54. The number of carbonyl (C=O) groups excluding carboxylic acids is 1. The van der Waals surface area contributed by atoms with Gasteiger partial charge < -0.3 is 15.1 Å². The van der Waals surface area contributed by atoms with Crippen molar-refractivity contribution in [2.24, 2.45) is 11.3 Å². The number of aryl methyl sites for hydroxylation is 1. The normalized spacial score (nSPS) is 20.8. The van der Waals surface area contributed by atoms with Gasteiger partial charge in [-0.25, -0.2) is 9.18 Å². The molecule has 0 aliphatic carbocycles. The number of likely N-dealkylation sites (tertiary alicyclic amines) is 2. The van der Waals surface area contributed by atoms with Crippen LogP contribution in [0.4, 0.5) is 14.9 Å². The molecule has 3 aromatic carbocycles. The van der Waals surface area contributed by atoms with E-state index in [4.69, 9.17) is 0 Å². The molecule has 1 N–H and O–H groups in total. The molecule has 200 valence electrons. The number of hydrogen-bond acceptors (Lipinski definition) is 2. The summed E-state index contributed by atoms with van der Waals surface area (Å²) in [5.74, 6) is 0.561. The molecule has 2 amide bonds. The van der Waals surface area contributed by atoms with Crippen molar-refractivity contribution in [2.45, 2.75) is 44.9 Å². The molecule has 5 rings (SSSR count). The number of nitrogens with one attached hydrogen (secondary N) is 1. The molecule has 5 heteroatoms. The van der Waals surface area contributed by atoms with E-state index in [2.05, 4.69) is 40.5 Å². The predicted molar refractivity (Wildman–Crippen MR) is 153 cm³/mol. The molecule has 0 bridgehead atoms. The van der Waals surface area contributed by atoms with Crippen LogP contribution in [0.2, 0.25) is 0 Å². The standard InChI is InChI=1S/C33H40FN3O/c34-30-16-14-27(15-17-30)12-13-28-18-22-36(23-19-28)25-33(24-29-8-3-1-4-9-29)20-7-21-37(26-33)32(38)35-31-10-5-2-6-11-31/h1-6,8-11,14-17,28H,7,12-13,18-26H2,(H,35,38). The summed E-state index contributed by atoms with van der Waals surface area (Å²) in [6.45, 7) is 4.84. The lowest BCUT2D eigenvalue weighted by Gasteiger charge is -2.47. The van der Waals surface area contributed by atoms with Crippen molar-refractivity contribution in [3.8, 4) is 0 Å². The van der Waals surface area contributed by atoms with E-state index in [-0.39, 0.29) is 17.3 Å². The summed E-state index contributed by atoms with van der Waals surface area (Å²) in [7, 11) is 0. The number of halogens is 1. The van der Waals surface area contributed by atoms with Crippen LogP contribution in [0, 0.1) is 17.2 Å². The van der Waals surface area contributed by atoms with Gasteiger partial charge in [0.2, 0.25) is 0 Å². The fraction of sp³-hybridized carbons (Fsp3) is 0.424. The number of carbonyl (C=O) groups is 1. The molecule has 1 unspecified atom stereocenters. The first kappa shape index (κ1) is 26.4. The van der Waals surface area contributed by atoms with Crippen LogP contribution in [0.25, 0.3) is 0 Å². The molecule has 0 aromatic heterocycles. The first-order valence-electron chi connectivity index (χ1n) is 14.2. The summed E-state index contributed by atoms with van der Waals surface area (Å²) in [4.78, 5) is 17.9. The Hall–Kier alpha value is -3.18. The molecule has 0 spiro atoms. The molecule has 38 heavy (non-hydrogen) atoms. The number of benzene rings is 3. The average Bonchev–Trinajstić information content (AvgIpc) is 2.95. The van der Waals surface area contributed by atoms with Crippen LogP contribution in [0.5, 0.6) is 0 Å². The second-order valence-electron chi connectivity index (χ2n) is 11.4. The summed E-state index contributed by atoms with van der Waals surface area (Å²) in [5, 5.41) is 3.11. The Balaban J connectivity index is 1.21. The first-order valence-corrected chi connectivity index (χ1v) is 14.2. The van der Waals surface area contributed by atoms with Crippen molar-refractivity contribution in [2.75, 3.05) is 38.0 Å². The highest BCUT2D eigenvalue weighted by molar-refractivity contribution is 5.89. The van der Waals surface area contributed by atoms with Crippen LogP contribution < -0.4 is 5.32 Å². The zero-order valence-corrected chi connectivity index (χ0v) is 22.3. The molecule has 2 aliphatic rings. The van der Waals surface area contributed by atoms with Crippen LogP contribution >= 0.6 is 0 Å². The Morgan fingerprint density at radius 2 is 1.55 bits per heavy atom. The zero-order chi connectivity index (χ0) is 26.2. The third kappa shape index (κ3) is 7.22. The highest BCUT2D eigenvalue weighted by Gasteiger charge is 2.39. The number of urea groups is 1. The van der Waals surface area contributed by atoms with Crippen molar-refractivity contribution < 1.29 is 9.18 Å². The Labute approximate surface area is 226 Å². The second kappa shape index (κ2) is 12.6. The maximum Gasteiger partial charge on any atom is 0.321 e. The summed E-state index contributed by atoms with van der Waals surface area (Å²) in [5.41, 5.74) is 3.48. The second-order valence-corrected chi connectivity index (χ2v) is 11.4. The molecule has 2 aliphatic heterocycles. The Morgan fingerprint density at radius 1 is 0.868 bits per heavy atom. The molecule has 2 fully saturated rings. The predicted octanol–water partition coefficient (Wildman–Crippen LogP) is 7.03. The van der Waals surface area contributed by atoms with Gasteiger partial charge in [-0.1, -0.05) is 60.7 Å². The minimum absolute atomic E-state index is 0.00726. The van der Waals surface area contributed by atoms with Crippen LogP contribution in [-0.4, -0.2) is 48.6 Å². The molecule has 4 nitrogen and oxygen atoms in total. The maximum atomic E-state index is 13.2. The van der Waals surface area contributed by atoms with Crippen molar-refractivity contribution >= 4 is 11.7 Å². The fourth-order valence-electron chi connectivity index (χ4n) is 6.39. The highest BCUT2D eigenvalue weighted by atomic mass is 19.1. The van der Waals surface area contributed by atoms with Crippen LogP contribution in [0.1, 0.15) is 43.2 Å². The van der Waals surface area contributed by atoms with E-state index >= 15 is 0 Å². The molecular weight excluding hydrogens is 473 g/mol. The minimum Gasteiger partial charge on any atom is -0.324 e. The van der Waals surface area contributed by atoms with E-state index in [1.807, 2.05) is 47.4 Å². The fourth-order valence-corrected chi connectivity index (χ4v) is 6.39. The van der Waals surface area contributed by atoms with Crippen molar-refractivity contribution in [1.29, 1.82) is 0 Å². The number of hydrogen-bond donors (Lipinski definition) is 1. The smallest absolute Gasteiger partial charge is 0.321 e. The van der Waals surface area contributed by atoms with Crippen LogP contribution in [0.15, 0.2) is 84.9 Å². The maximum absolute atomic E-state index is 13.2. The molecule has 0 radical (unpaired) electrons. The molecular formula is C33H40FN3O. The number of anilines is 1. The number of para-hydroxylation sites is 1. The Kier molecular flexibility index (Phi) is 8.75. The molecule has 0 saturated carbocycles. The average molecular weight is 514 g/mol. The summed E-state index contributed by atoms with van der Waals surface area (Å²) >= 11 is 0. The van der Waals surface area contributed by atoms with Gasteiger partial charge in [-0.3, -0.25) is 0 Å². The lowest BCUT2D eigenvalue weighted by atomic mass is 9.74. The van der Waals surface area contributed by atoms with Gasteiger partial charge in [0.15, 0.2) is 0 Å². The van der Waals surface area contributed by atoms with E-state index in [0.717, 1.165) is 70.0 Å². The topological polar surface area (TPSA) is 35.6 Å². The van der Waals surface area contributed by atoms with Gasteiger partial charge >= 0.3 is 6.03 Å². The zero-order valence-electron chi connectivity index (χ0n) is 22.3. The SMILES string of the molecule is O=C(Nc1ccccc1)N1CCCC(Cc2ccccc2)(CN2CCC(CCc3ccc(F)cc3)CC2)C1. The number of piperidine rings is 2. The van der Waals surface area contributed by atoms with Gasteiger partial charge in [-0.2, -0.15) is 0 Å². The summed E-state index contributed by atoms with van der Waals surface area (Å²) in [6, 6.07) is 27.5. The van der Waals surface area contributed by atoms with Gasteiger partial charge in [-0.15, -0.1) is 0 Å². The monoisotopic (exact) mass is 513 g/mol. The van der Waals surface area contributed by atoms with E-state index in [1.165, 1.54) is 30.4 Å². The molecule has 1 atom stereocenters.